The van der Waals surface area contributed by atoms with E-state index < -0.39 is 0 Å². The molecule has 1 fully saturated rings. The Morgan fingerprint density at radius 1 is 1.04 bits per heavy atom. The van der Waals surface area contributed by atoms with Gasteiger partial charge in [-0.2, -0.15) is 0 Å². The summed E-state index contributed by atoms with van der Waals surface area (Å²) in [5.41, 5.74) is 6.16. The van der Waals surface area contributed by atoms with E-state index in [4.69, 9.17) is 0 Å². The monoisotopic (exact) mass is 373 g/mol. The summed E-state index contributed by atoms with van der Waals surface area (Å²) in [6.45, 7) is 6.31. The highest BCUT2D eigenvalue weighted by Crippen LogP contribution is 2.31. The Labute approximate surface area is 167 Å². The second-order valence-corrected chi connectivity index (χ2v) is 8.12. The first-order chi connectivity index (χ1) is 13.5. The Bertz CT molecular complexity index is 949. The Kier molecular flexibility index (Phi) is 5.27. The zero-order valence-corrected chi connectivity index (χ0v) is 16.7. The van der Waals surface area contributed by atoms with Gasteiger partial charge >= 0.3 is 0 Å². The number of carbonyl (C=O) groups excluding carboxylic acids is 2. The third kappa shape index (κ3) is 3.72. The molecule has 0 aromatic heterocycles. The number of ketones is 2. The minimum absolute atomic E-state index is 0.184. The second kappa shape index (κ2) is 7.84. The van der Waals surface area contributed by atoms with Gasteiger partial charge < -0.3 is 0 Å². The van der Waals surface area contributed by atoms with E-state index >= 15 is 0 Å². The number of allylic oxidation sites excluding steroid dienone is 2. The van der Waals surface area contributed by atoms with Gasteiger partial charge in [-0.25, -0.2) is 0 Å². The van der Waals surface area contributed by atoms with E-state index in [9.17, 15) is 9.59 Å². The van der Waals surface area contributed by atoms with Gasteiger partial charge in [0.25, 0.3) is 0 Å². The van der Waals surface area contributed by atoms with Gasteiger partial charge in [0.1, 0.15) is 0 Å². The molecule has 0 radical (unpaired) electrons. The van der Waals surface area contributed by atoms with E-state index in [1.54, 1.807) is 0 Å². The first-order valence-corrected chi connectivity index (χ1v) is 10.2. The molecule has 0 amide bonds. The maximum absolute atomic E-state index is 12.9. The summed E-state index contributed by atoms with van der Waals surface area (Å²) >= 11 is 0. The van der Waals surface area contributed by atoms with E-state index in [1.165, 1.54) is 5.56 Å². The van der Waals surface area contributed by atoms with Crippen LogP contribution in [0.15, 0.2) is 54.1 Å². The molecule has 1 heterocycles. The van der Waals surface area contributed by atoms with Crippen molar-refractivity contribution in [2.45, 2.75) is 33.1 Å². The average molecular weight is 373 g/mol. The van der Waals surface area contributed by atoms with Gasteiger partial charge in [-0.15, -0.1) is 0 Å². The topological polar surface area (TPSA) is 37.4 Å². The predicted octanol–water partition coefficient (Wildman–Crippen LogP) is 4.56. The van der Waals surface area contributed by atoms with Gasteiger partial charge in [-0.05, 0) is 80.4 Å². The van der Waals surface area contributed by atoms with E-state index in [2.05, 4.69) is 17.9 Å². The average Bonchev–Trinajstić information content (AvgIpc) is 2.71. The van der Waals surface area contributed by atoms with Crippen molar-refractivity contribution in [3.63, 3.8) is 0 Å². The Hall–Kier alpha value is -2.52. The number of hydrogen-bond acceptors (Lipinski definition) is 3. The van der Waals surface area contributed by atoms with Crippen LogP contribution in [0.25, 0.3) is 0 Å². The van der Waals surface area contributed by atoms with E-state index in [-0.39, 0.29) is 11.6 Å². The molecule has 144 valence electrons. The molecule has 1 aliphatic heterocycles. The predicted molar refractivity (Wildman–Crippen MR) is 112 cm³/mol. The normalized spacial score (nSPS) is 17.9. The molecule has 3 heteroatoms. The van der Waals surface area contributed by atoms with Crippen LogP contribution in [0, 0.1) is 19.8 Å². The lowest BCUT2D eigenvalue weighted by molar-refractivity contribution is 0.0890. The van der Waals surface area contributed by atoms with E-state index in [1.807, 2.05) is 49.4 Å². The van der Waals surface area contributed by atoms with Crippen molar-refractivity contribution in [1.29, 1.82) is 0 Å². The highest BCUT2D eigenvalue weighted by Gasteiger charge is 2.29. The highest BCUT2D eigenvalue weighted by molar-refractivity contribution is 6.11. The summed E-state index contributed by atoms with van der Waals surface area (Å²) in [5, 5.41) is 0. The molecule has 1 saturated heterocycles. The molecule has 0 spiro atoms. The maximum Gasteiger partial charge on any atom is 0.189 e. The van der Waals surface area contributed by atoms with Crippen LogP contribution in [0.3, 0.4) is 0 Å². The number of likely N-dealkylation sites (tertiary alicyclic amines) is 1. The first-order valence-electron chi connectivity index (χ1n) is 10.2. The fourth-order valence-electron chi connectivity index (χ4n) is 4.35. The van der Waals surface area contributed by atoms with Crippen molar-refractivity contribution >= 4 is 11.6 Å². The van der Waals surface area contributed by atoms with Crippen molar-refractivity contribution in [2.24, 2.45) is 5.92 Å². The van der Waals surface area contributed by atoms with Crippen LogP contribution in [0.2, 0.25) is 0 Å². The SMILES string of the molecule is Cc1ccc(C(=O)CN2CCC(C3=CCc4ccccc4C3=O)CC2)cc1C. The lowest BCUT2D eigenvalue weighted by atomic mass is 9.80. The highest BCUT2D eigenvalue weighted by atomic mass is 16.1. The molecule has 0 saturated carbocycles. The second-order valence-electron chi connectivity index (χ2n) is 8.12. The van der Waals surface area contributed by atoms with Crippen molar-refractivity contribution in [3.05, 3.63) is 81.9 Å². The van der Waals surface area contributed by atoms with Gasteiger partial charge in [0.05, 0.1) is 6.54 Å². The molecule has 1 aliphatic carbocycles. The number of Topliss-reactive ketones (excluding diaryl/α,β-unsaturated/α-hetero) is 2. The molecule has 0 atom stereocenters. The molecule has 3 nitrogen and oxygen atoms in total. The van der Waals surface area contributed by atoms with Crippen molar-refractivity contribution in [3.8, 4) is 0 Å². The summed E-state index contributed by atoms with van der Waals surface area (Å²) in [6.07, 6.45) is 4.87. The van der Waals surface area contributed by atoms with E-state index in [0.29, 0.717) is 12.5 Å². The van der Waals surface area contributed by atoms with E-state index in [0.717, 1.165) is 60.2 Å². The molecular formula is C25H27NO2. The third-order valence-corrected chi connectivity index (χ3v) is 6.29. The molecule has 2 aromatic rings. The van der Waals surface area contributed by atoms with Crippen molar-refractivity contribution in [2.75, 3.05) is 19.6 Å². The third-order valence-electron chi connectivity index (χ3n) is 6.29. The largest absolute Gasteiger partial charge is 0.296 e. The van der Waals surface area contributed by atoms with Crippen LogP contribution >= 0.6 is 0 Å². The van der Waals surface area contributed by atoms with Crippen LogP contribution < -0.4 is 0 Å². The minimum Gasteiger partial charge on any atom is -0.296 e. The van der Waals surface area contributed by atoms with Gasteiger partial charge in [-0.3, -0.25) is 14.5 Å². The minimum atomic E-state index is 0.184. The molecule has 0 N–H and O–H groups in total. The summed E-state index contributed by atoms with van der Waals surface area (Å²) in [7, 11) is 0. The van der Waals surface area contributed by atoms with Crippen LogP contribution in [0.4, 0.5) is 0 Å². The standard InChI is InChI=1S/C25H27NO2/c1-17-7-8-21(15-18(17)2)24(27)16-26-13-11-20(12-14-26)23-10-9-19-5-3-4-6-22(19)25(23)28/h3-8,10,15,20H,9,11-14,16H2,1-2H3. The summed E-state index contributed by atoms with van der Waals surface area (Å²) in [4.78, 5) is 27.8. The fourth-order valence-corrected chi connectivity index (χ4v) is 4.35. The number of aryl methyl sites for hydroxylation is 2. The Balaban J connectivity index is 1.36. The summed E-state index contributed by atoms with van der Waals surface area (Å²) in [5.74, 6) is 0.698. The molecule has 0 bridgehead atoms. The summed E-state index contributed by atoms with van der Waals surface area (Å²) in [6, 6.07) is 13.9. The molecule has 4 rings (SSSR count). The van der Waals surface area contributed by atoms with Gasteiger partial charge in [0.15, 0.2) is 11.6 Å². The Morgan fingerprint density at radius 3 is 2.54 bits per heavy atom. The summed E-state index contributed by atoms with van der Waals surface area (Å²) < 4.78 is 0. The number of fused-ring (bicyclic) bond motifs is 1. The van der Waals surface area contributed by atoms with Gasteiger partial charge in [-0.1, -0.05) is 42.5 Å². The molecule has 2 aliphatic rings. The Morgan fingerprint density at radius 2 is 1.79 bits per heavy atom. The van der Waals surface area contributed by atoms with Crippen molar-refractivity contribution in [1.82, 2.24) is 4.90 Å². The zero-order chi connectivity index (χ0) is 19.7. The van der Waals surface area contributed by atoms with Crippen LogP contribution in [0.5, 0.6) is 0 Å². The number of piperidine rings is 1. The number of hydrogen-bond donors (Lipinski definition) is 0. The number of benzene rings is 2. The molecule has 2 aromatic carbocycles. The molecule has 28 heavy (non-hydrogen) atoms. The number of nitrogens with zero attached hydrogens (tertiary/aromatic N) is 1. The van der Waals surface area contributed by atoms with Gasteiger partial charge in [0, 0.05) is 11.1 Å². The molecule has 0 unspecified atom stereocenters. The first kappa shape index (κ1) is 18.8. The van der Waals surface area contributed by atoms with Crippen molar-refractivity contribution < 1.29 is 9.59 Å². The number of rotatable bonds is 4. The quantitative estimate of drug-likeness (QED) is 0.737. The maximum atomic E-state index is 12.9. The smallest absolute Gasteiger partial charge is 0.189 e. The lowest BCUT2D eigenvalue weighted by Crippen LogP contribution is -2.38. The van der Waals surface area contributed by atoms with Crippen LogP contribution in [-0.2, 0) is 6.42 Å². The molecular weight excluding hydrogens is 346 g/mol. The fraction of sp³-hybridized carbons (Fsp3) is 0.360. The van der Waals surface area contributed by atoms with Crippen LogP contribution in [-0.4, -0.2) is 36.1 Å². The number of carbonyl (C=O) groups is 2. The van der Waals surface area contributed by atoms with Crippen LogP contribution in [0.1, 0.15) is 50.2 Å². The lowest BCUT2D eigenvalue weighted by Gasteiger charge is -2.33. The van der Waals surface area contributed by atoms with Gasteiger partial charge in [0.2, 0.25) is 0 Å². The zero-order valence-electron chi connectivity index (χ0n) is 16.7.